The van der Waals surface area contributed by atoms with Gasteiger partial charge in [0.2, 0.25) is 0 Å². The van der Waals surface area contributed by atoms with Gasteiger partial charge in [-0.1, -0.05) is 246 Å². The van der Waals surface area contributed by atoms with Crippen molar-refractivity contribution in [1.82, 2.24) is 76.8 Å². The van der Waals surface area contributed by atoms with E-state index >= 15 is 0 Å². The lowest BCUT2D eigenvalue weighted by atomic mass is 9.97. The molecule has 13 heterocycles. The fourth-order valence-electron chi connectivity index (χ4n) is 19.1. The molecule has 0 unspecified atom stereocenters. The number of thiazole rings is 1. The molecule has 0 saturated carbocycles. The van der Waals surface area contributed by atoms with Crippen molar-refractivity contribution in [3.8, 4) is 89.5 Å². The van der Waals surface area contributed by atoms with Gasteiger partial charge in [-0.15, -0.1) is 11.3 Å². The number of rotatable bonds is 20. The average Bonchev–Trinajstić information content (AvgIpc) is 1.63. The number of carbonyl (C=O) groups excluding carboxylic acids is 3. The third-order valence-corrected chi connectivity index (χ3v) is 29.2. The van der Waals surface area contributed by atoms with Crippen LogP contribution in [0.2, 0.25) is 30.1 Å². The first-order valence-electron chi connectivity index (χ1n) is 48.0. The molecule has 0 aliphatic carbocycles. The van der Waals surface area contributed by atoms with Crippen LogP contribution in [0.3, 0.4) is 0 Å². The molecule has 9 aromatic heterocycles. The van der Waals surface area contributed by atoms with Crippen molar-refractivity contribution in [3.05, 3.63) is 421 Å². The summed E-state index contributed by atoms with van der Waals surface area (Å²) in [5, 5.41) is 13.3. The number of pyridine rings is 4. The summed E-state index contributed by atoms with van der Waals surface area (Å²) < 4.78 is 8.80. The van der Waals surface area contributed by atoms with Crippen molar-refractivity contribution in [3.63, 3.8) is 0 Å². The highest BCUT2D eigenvalue weighted by atomic mass is 35.5. The second kappa shape index (κ2) is 44.9. The van der Waals surface area contributed by atoms with Crippen LogP contribution in [-0.4, -0.2) is 197 Å². The molecular weight excluding hydrogens is 1940 g/mol. The number of carboxylic acid groups (broad SMARTS) is 1. The molecule has 722 valence electrons. The maximum absolute atomic E-state index is 13.0. The van der Waals surface area contributed by atoms with E-state index in [0.717, 1.165) is 201 Å². The Morgan fingerprint density at radius 3 is 0.840 bits per heavy atom. The summed E-state index contributed by atoms with van der Waals surface area (Å²) in [4.78, 5) is 90.1. The molecule has 0 bridgehead atoms. The molecule has 23 rings (SSSR count). The van der Waals surface area contributed by atoms with Crippen LogP contribution < -0.4 is 0 Å². The first-order valence-corrected chi connectivity index (χ1v) is 51.2. The molecule has 144 heavy (non-hydrogen) atoms. The Kier molecular flexibility index (Phi) is 30.4. The van der Waals surface area contributed by atoms with E-state index in [0.29, 0.717) is 105 Å². The highest BCUT2D eigenvalue weighted by Crippen LogP contribution is 2.38. The number of fused-ring (bicyclic) bond motifs is 4. The number of amides is 3. The van der Waals surface area contributed by atoms with Gasteiger partial charge in [-0.3, -0.25) is 43.8 Å². The lowest BCUT2D eigenvalue weighted by Crippen LogP contribution is -2.48. The highest BCUT2D eigenvalue weighted by Gasteiger charge is 2.32. The van der Waals surface area contributed by atoms with Gasteiger partial charge in [-0.2, -0.15) is 0 Å². The van der Waals surface area contributed by atoms with E-state index in [1.165, 1.54) is 16.9 Å². The minimum atomic E-state index is -0.686. The van der Waals surface area contributed by atoms with E-state index < -0.39 is 5.97 Å². The molecule has 4 saturated heterocycles. The van der Waals surface area contributed by atoms with E-state index in [1.54, 1.807) is 48.1 Å². The quantitative estimate of drug-likeness (QED) is 0.0757. The van der Waals surface area contributed by atoms with Gasteiger partial charge in [0.1, 0.15) is 27.5 Å². The number of nitrogens with zero attached hydrogens (tertiary/aromatic N) is 16. The Labute approximate surface area is 868 Å². The first kappa shape index (κ1) is 97.5. The standard InChI is InChI=1S/2C31H26Cl2N4O.C28H24ClN5OS.C26H24ClN3O2/c32-26-12-9-23(10-13-26)30-28(37-20-25(11-14-29(37)34-30)22-5-2-1-3-6-22)21-35-15-17-36(18-16-35)31(38)24-7-4-8-27(33)19-24;32-26-11-6-23(7-12-26)30-28(37-20-25(10-15-29(37)34-30)22-4-2-1-3-5-22)21-35-16-18-36(19-17-35)31(38)24-8-13-27(33)14-9-24;29-23-9-6-21(7-10-23)27-24(18-32-12-14-33(15-13-32)28(35)25-16-30-19-36-25)34-17-22(8-11-26(34)31-27)20-4-2-1-3-5-20;27-22-9-6-19(7-10-22)25-23(17-29-14-12-20(13-15-29)26(31)32)30-16-21(8-11-24(30)28-25)18-4-2-1-3-5-18/h1-14,19-20H,15-18,21H2;1-15,20H,16-19,21H2;1-11,16-17,19H,12-15,18H2;1-11,16,20H,12-15,17H2,(H,31,32). The van der Waals surface area contributed by atoms with E-state index in [-0.39, 0.29) is 23.6 Å². The predicted octanol–water partition coefficient (Wildman–Crippen LogP) is 25.2. The molecule has 10 aromatic carbocycles. The second-order valence-corrected chi connectivity index (χ2v) is 39.7. The van der Waals surface area contributed by atoms with Crippen LogP contribution in [0.15, 0.2) is 352 Å². The molecule has 1 N–H and O–H groups in total. The Morgan fingerprint density at radius 1 is 0.278 bits per heavy atom. The Bertz CT molecular complexity index is 7730. The number of carboxylic acids is 1. The number of benzene rings is 10. The van der Waals surface area contributed by atoms with Crippen molar-refractivity contribution in [2.75, 3.05) is 91.6 Å². The second-order valence-electron chi connectivity index (χ2n) is 36.2. The Hall–Kier alpha value is -14.0. The maximum Gasteiger partial charge on any atom is 0.306 e. The lowest BCUT2D eigenvalue weighted by molar-refractivity contribution is -0.143. The fraction of sp³-hybridized carbons (Fsp3) is 0.181. The van der Waals surface area contributed by atoms with E-state index in [1.807, 2.05) is 160 Å². The van der Waals surface area contributed by atoms with Crippen molar-refractivity contribution >= 4 is 127 Å². The molecule has 3 amide bonds. The minimum absolute atomic E-state index is 0.0244. The number of likely N-dealkylation sites (tertiary alicyclic amines) is 1. The van der Waals surface area contributed by atoms with Gasteiger partial charge in [0.05, 0.1) is 63.2 Å². The third-order valence-electron chi connectivity index (χ3n) is 27.0. The summed E-state index contributed by atoms with van der Waals surface area (Å²) in [5.74, 6) is -0.786. The molecule has 0 spiro atoms. The van der Waals surface area contributed by atoms with Crippen molar-refractivity contribution in [2.24, 2.45) is 5.92 Å². The zero-order valence-electron chi connectivity index (χ0n) is 78.6. The largest absolute Gasteiger partial charge is 0.481 e. The summed E-state index contributed by atoms with van der Waals surface area (Å²) >= 11 is 38.1. The van der Waals surface area contributed by atoms with Crippen LogP contribution >= 0.6 is 80.9 Å². The number of hydrogen-bond acceptors (Lipinski definition) is 14. The normalized spacial score (nSPS) is 14.5. The number of piperazine rings is 3. The predicted molar refractivity (Wildman–Crippen MR) is 578 cm³/mol. The maximum atomic E-state index is 13.0. The molecule has 4 aliphatic rings. The van der Waals surface area contributed by atoms with E-state index in [9.17, 15) is 24.3 Å². The average molecular weight is 2040 g/mol. The van der Waals surface area contributed by atoms with Crippen LogP contribution in [0, 0.1) is 5.92 Å². The number of aliphatic carboxylic acids is 1. The molecule has 21 nitrogen and oxygen atoms in total. The van der Waals surface area contributed by atoms with Crippen LogP contribution in [0.5, 0.6) is 0 Å². The molecule has 0 radical (unpaired) electrons. The molecule has 4 fully saturated rings. The van der Waals surface area contributed by atoms with Crippen LogP contribution in [0.1, 0.15) is 66.0 Å². The van der Waals surface area contributed by atoms with E-state index in [4.69, 9.17) is 89.5 Å². The summed E-state index contributed by atoms with van der Waals surface area (Å²) in [6.07, 6.45) is 11.7. The molecular formula is C116H100Cl6N16O5S. The topological polar surface area (TPSA) is 193 Å². The van der Waals surface area contributed by atoms with Gasteiger partial charge < -0.3 is 37.4 Å². The number of aromatic nitrogens is 9. The van der Waals surface area contributed by atoms with Crippen LogP contribution in [-0.2, 0) is 31.0 Å². The fourth-order valence-corrected chi connectivity index (χ4v) is 20.5. The van der Waals surface area contributed by atoms with Crippen molar-refractivity contribution < 1.29 is 24.3 Å². The smallest absolute Gasteiger partial charge is 0.306 e. The van der Waals surface area contributed by atoms with Gasteiger partial charge in [-0.25, -0.2) is 19.9 Å². The molecule has 4 aliphatic heterocycles. The number of halogens is 6. The van der Waals surface area contributed by atoms with Gasteiger partial charge in [0.15, 0.2) is 0 Å². The highest BCUT2D eigenvalue weighted by molar-refractivity contribution is 7.11. The van der Waals surface area contributed by atoms with Gasteiger partial charge >= 0.3 is 5.97 Å². The van der Waals surface area contributed by atoms with Gasteiger partial charge in [0.25, 0.3) is 17.7 Å². The number of piperidine rings is 1. The summed E-state index contributed by atoms with van der Waals surface area (Å²) in [6, 6.07) is 104. The summed E-state index contributed by atoms with van der Waals surface area (Å²) in [7, 11) is 0. The van der Waals surface area contributed by atoms with E-state index in [2.05, 4.69) is 200 Å². The summed E-state index contributed by atoms with van der Waals surface area (Å²) in [5.41, 5.74) is 28.2. The Balaban J connectivity index is 0.000000117. The van der Waals surface area contributed by atoms with Crippen molar-refractivity contribution in [1.29, 1.82) is 0 Å². The first-order chi connectivity index (χ1) is 70.3. The molecule has 28 heteroatoms. The minimum Gasteiger partial charge on any atom is -0.481 e. The zero-order chi connectivity index (χ0) is 98.7. The van der Waals surface area contributed by atoms with Gasteiger partial charge in [0, 0.05) is 193 Å². The van der Waals surface area contributed by atoms with Crippen molar-refractivity contribution in [2.45, 2.75) is 39.0 Å². The summed E-state index contributed by atoms with van der Waals surface area (Å²) in [6.45, 7) is 13.2. The third kappa shape index (κ3) is 22.8. The lowest BCUT2D eigenvalue weighted by Gasteiger charge is -2.34. The number of hydrogen-bond donors (Lipinski definition) is 1. The number of imidazole rings is 4. The number of carbonyl (C=O) groups is 4. The molecule has 19 aromatic rings. The van der Waals surface area contributed by atoms with Gasteiger partial charge in [-0.05, 0) is 210 Å². The van der Waals surface area contributed by atoms with Crippen LogP contribution in [0.4, 0.5) is 0 Å². The monoisotopic (exact) mass is 2040 g/mol. The zero-order valence-corrected chi connectivity index (χ0v) is 84.0. The molecule has 0 atom stereocenters. The SMILES string of the molecule is O=C(O)C1CCN(Cc2c(-c3ccc(Cl)cc3)nc3ccc(-c4ccccc4)cn23)CC1.O=C(c1ccc(Cl)cc1)N1CCN(Cc2c(-c3ccc(Cl)cc3)nc3ccc(-c4ccccc4)cn23)CC1.O=C(c1cccc(Cl)c1)N1CCN(Cc2c(-c3ccc(Cl)cc3)nc3ccc(-c4ccccc4)cn23)CC1.O=C(c1cncs1)N1CCN(Cc2c(-c3ccc(Cl)cc3)nc3ccc(-c4ccccc4)cn23)CC1. The van der Waals surface area contributed by atoms with Crippen LogP contribution in [0.25, 0.3) is 112 Å². The Morgan fingerprint density at radius 2 is 0.556 bits per heavy atom.